The lowest BCUT2D eigenvalue weighted by Gasteiger charge is -2.10. The summed E-state index contributed by atoms with van der Waals surface area (Å²) < 4.78 is 7.36. The first-order valence-electron chi connectivity index (χ1n) is 7.12. The van der Waals surface area contributed by atoms with E-state index >= 15 is 0 Å². The predicted octanol–water partition coefficient (Wildman–Crippen LogP) is 1.72. The molecule has 1 fully saturated rings. The van der Waals surface area contributed by atoms with E-state index in [1.54, 1.807) is 0 Å². The summed E-state index contributed by atoms with van der Waals surface area (Å²) in [6.07, 6.45) is 4.62. The zero-order valence-electron chi connectivity index (χ0n) is 11.4. The fourth-order valence-corrected chi connectivity index (χ4v) is 2.53. The minimum absolute atomic E-state index is 0.0556. The maximum absolute atomic E-state index is 11.8. The molecule has 106 valence electrons. The van der Waals surface area contributed by atoms with E-state index in [1.807, 2.05) is 35.1 Å². The average Bonchev–Trinajstić information content (AvgIpc) is 3.12. The minimum Gasteiger partial charge on any atom is -0.376 e. The van der Waals surface area contributed by atoms with E-state index in [-0.39, 0.29) is 12.0 Å². The number of nitrogens with one attached hydrogen (secondary N) is 1. The number of aryl methyl sites for hydroxylation is 1. The molecule has 1 amide bonds. The van der Waals surface area contributed by atoms with Crippen molar-refractivity contribution in [1.82, 2.24) is 15.1 Å². The summed E-state index contributed by atoms with van der Waals surface area (Å²) >= 11 is 0. The summed E-state index contributed by atoms with van der Waals surface area (Å²) in [5.41, 5.74) is 1.07. The summed E-state index contributed by atoms with van der Waals surface area (Å²) in [6.45, 7) is 2.05. The highest BCUT2D eigenvalue weighted by Gasteiger charge is 2.16. The molecule has 1 atom stereocenters. The van der Waals surface area contributed by atoms with E-state index in [0.29, 0.717) is 19.5 Å². The second-order valence-electron chi connectivity index (χ2n) is 5.12. The van der Waals surface area contributed by atoms with E-state index in [9.17, 15) is 4.79 Å². The van der Waals surface area contributed by atoms with Crippen LogP contribution in [0.15, 0.2) is 30.5 Å². The standard InChI is InChI=1S/C15H19N3O2/c19-15(16-11-13-5-3-9-20-13)7-8-18-14-6-2-1-4-12(14)10-17-18/h1-2,4,6,10,13H,3,5,7-9,11H2,(H,16,19). The highest BCUT2D eigenvalue weighted by Crippen LogP contribution is 2.13. The van der Waals surface area contributed by atoms with Crippen LogP contribution < -0.4 is 5.32 Å². The first-order valence-corrected chi connectivity index (χ1v) is 7.12. The first-order chi connectivity index (χ1) is 9.83. The smallest absolute Gasteiger partial charge is 0.221 e. The number of hydrogen-bond donors (Lipinski definition) is 1. The van der Waals surface area contributed by atoms with E-state index < -0.39 is 0 Å². The SMILES string of the molecule is O=C(CCn1ncc2ccccc21)NCC1CCCO1. The summed E-state index contributed by atoms with van der Waals surface area (Å²) in [5.74, 6) is 0.0556. The molecular weight excluding hydrogens is 254 g/mol. The molecule has 0 spiro atoms. The number of ether oxygens (including phenoxy) is 1. The number of carbonyl (C=O) groups is 1. The summed E-state index contributed by atoms with van der Waals surface area (Å²) in [6, 6.07) is 8.02. The van der Waals surface area contributed by atoms with Gasteiger partial charge in [0.2, 0.25) is 5.91 Å². The van der Waals surface area contributed by atoms with Crippen LogP contribution in [0.1, 0.15) is 19.3 Å². The van der Waals surface area contributed by atoms with Crippen LogP contribution in [0, 0.1) is 0 Å². The maximum atomic E-state index is 11.8. The summed E-state index contributed by atoms with van der Waals surface area (Å²) in [5, 5.41) is 8.35. The van der Waals surface area contributed by atoms with Crippen molar-refractivity contribution in [3.05, 3.63) is 30.5 Å². The van der Waals surface area contributed by atoms with Crippen LogP contribution in [0.3, 0.4) is 0 Å². The van der Waals surface area contributed by atoms with Gasteiger partial charge in [0, 0.05) is 25.0 Å². The molecule has 0 aliphatic carbocycles. The van der Waals surface area contributed by atoms with Crippen LogP contribution >= 0.6 is 0 Å². The van der Waals surface area contributed by atoms with Crippen molar-refractivity contribution in [2.45, 2.75) is 31.9 Å². The van der Waals surface area contributed by atoms with Gasteiger partial charge in [0.1, 0.15) is 0 Å². The number of aromatic nitrogens is 2. The molecule has 1 aromatic carbocycles. The molecule has 1 aromatic heterocycles. The van der Waals surface area contributed by atoms with Crippen LogP contribution in [0.25, 0.3) is 10.9 Å². The number of carbonyl (C=O) groups excluding carboxylic acids is 1. The number of fused-ring (bicyclic) bond motifs is 1. The van der Waals surface area contributed by atoms with E-state index in [0.717, 1.165) is 30.4 Å². The predicted molar refractivity (Wildman–Crippen MR) is 76.3 cm³/mol. The van der Waals surface area contributed by atoms with Crippen LogP contribution in [-0.4, -0.2) is 34.9 Å². The average molecular weight is 273 g/mol. The van der Waals surface area contributed by atoms with Crippen LogP contribution in [0.2, 0.25) is 0 Å². The lowest BCUT2D eigenvalue weighted by molar-refractivity contribution is -0.121. The minimum atomic E-state index is 0.0556. The number of hydrogen-bond acceptors (Lipinski definition) is 3. The van der Waals surface area contributed by atoms with Gasteiger partial charge >= 0.3 is 0 Å². The van der Waals surface area contributed by atoms with Gasteiger partial charge in [-0.3, -0.25) is 9.48 Å². The molecule has 0 saturated carbocycles. The lowest BCUT2D eigenvalue weighted by atomic mass is 10.2. The highest BCUT2D eigenvalue weighted by atomic mass is 16.5. The van der Waals surface area contributed by atoms with Crippen molar-refractivity contribution in [1.29, 1.82) is 0 Å². The third-order valence-corrected chi connectivity index (χ3v) is 3.65. The quantitative estimate of drug-likeness (QED) is 0.902. The fraction of sp³-hybridized carbons (Fsp3) is 0.467. The molecule has 1 N–H and O–H groups in total. The second kappa shape index (κ2) is 6.05. The van der Waals surface area contributed by atoms with Crippen molar-refractivity contribution in [3.8, 4) is 0 Å². The lowest BCUT2D eigenvalue weighted by Crippen LogP contribution is -2.32. The van der Waals surface area contributed by atoms with Crippen LogP contribution in [0.4, 0.5) is 0 Å². The second-order valence-corrected chi connectivity index (χ2v) is 5.12. The molecular formula is C15H19N3O2. The van der Waals surface area contributed by atoms with Gasteiger partial charge in [0.05, 0.1) is 24.4 Å². The van der Waals surface area contributed by atoms with E-state index in [4.69, 9.17) is 4.74 Å². The monoisotopic (exact) mass is 273 g/mol. The molecule has 2 aromatic rings. The molecule has 5 nitrogen and oxygen atoms in total. The fourth-order valence-electron chi connectivity index (χ4n) is 2.53. The maximum Gasteiger partial charge on any atom is 0.221 e. The Balaban J connectivity index is 1.49. The normalized spacial score (nSPS) is 18.5. The molecule has 1 saturated heterocycles. The topological polar surface area (TPSA) is 56.2 Å². The van der Waals surface area contributed by atoms with Gasteiger partial charge in [-0.15, -0.1) is 0 Å². The van der Waals surface area contributed by atoms with E-state index in [2.05, 4.69) is 10.4 Å². The molecule has 1 unspecified atom stereocenters. The Morgan fingerprint density at radius 3 is 3.20 bits per heavy atom. The Bertz CT molecular complexity index is 588. The van der Waals surface area contributed by atoms with Gasteiger partial charge in [-0.25, -0.2) is 0 Å². The van der Waals surface area contributed by atoms with Gasteiger partial charge in [-0.1, -0.05) is 18.2 Å². The van der Waals surface area contributed by atoms with Gasteiger partial charge in [-0.2, -0.15) is 5.10 Å². The van der Waals surface area contributed by atoms with Crippen LogP contribution in [-0.2, 0) is 16.1 Å². The molecule has 1 aliphatic heterocycles. The van der Waals surface area contributed by atoms with Gasteiger partial charge in [-0.05, 0) is 18.9 Å². The summed E-state index contributed by atoms with van der Waals surface area (Å²) in [7, 11) is 0. The molecule has 1 aliphatic rings. The van der Waals surface area contributed by atoms with Gasteiger partial charge < -0.3 is 10.1 Å². The van der Waals surface area contributed by atoms with Gasteiger partial charge in [0.25, 0.3) is 0 Å². The van der Waals surface area contributed by atoms with Crippen molar-refractivity contribution in [3.63, 3.8) is 0 Å². The number of amides is 1. The highest BCUT2D eigenvalue weighted by molar-refractivity contribution is 5.79. The Labute approximate surface area is 117 Å². The van der Waals surface area contributed by atoms with Crippen LogP contribution in [0.5, 0.6) is 0 Å². The zero-order chi connectivity index (χ0) is 13.8. The third-order valence-electron chi connectivity index (χ3n) is 3.65. The Kier molecular flexibility index (Phi) is 3.97. The largest absolute Gasteiger partial charge is 0.376 e. The number of nitrogens with zero attached hydrogens (tertiary/aromatic N) is 2. The Hall–Kier alpha value is -1.88. The molecule has 5 heteroatoms. The van der Waals surface area contributed by atoms with E-state index in [1.165, 1.54) is 0 Å². The van der Waals surface area contributed by atoms with Crippen molar-refractivity contribution < 1.29 is 9.53 Å². The molecule has 0 radical (unpaired) electrons. The van der Waals surface area contributed by atoms with Crippen molar-refractivity contribution in [2.75, 3.05) is 13.2 Å². The first kappa shape index (κ1) is 13.1. The Morgan fingerprint density at radius 2 is 2.35 bits per heavy atom. The molecule has 3 rings (SSSR count). The van der Waals surface area contributed by atoms with Crippen molar-refractivity contribution >= 4 is 16.8 Å². The molecule has 0 bridgehead atoms. The van der Waals surface area contributed by atoms with Crippen molar-refractivity contribution in [2.24, 2.45) is 0 Å². The third kappa shape index (κ3) is 2.99. The summed E-state index contributed by atoms with van der Waals surface area (Å²) in [4.78, 5) is 11.8. The van der Waals surface area contributed by atoms with Gasteiger partial charge in [0.15, 0.2) is 0 Å². The zero-order valence-corrected chi connectivity index (χ0v) is 11.4. The molecule has 2 heterocycles. The number of rotatable bonds is 5. The molecule has 20 heavy (non-hydrogen) atoms. The Morgan fingerprint density at radius 1 is 1.45 bits per heavy atom. The number of benzene rings is 1. The number of para-hydroxylation sites is 1.